The van der Waals surface area contributed by atoms with Crippen molar-refractivity contribution in [3.05, 3.63) is 58.6 Å². The van der Waals surface area contributed by atoms with Gasteiger partial charge in [-0.15, -0.1) is 0 Å². The van der Waals surface area contributed by atoms with Crippen LogP contribution in [0.4, 0.5) is 0 Å². The molecule has 0 aliphatic heterocycles. The molecule has 1 unspecified atom stereocenters. The van der Waals surface area contributed by atoms with Crippen LogP contribution in [0, 0.1) is 0 Å². The monoisotopic (exact) mass is 420 g/mol. The summed E-state index contributed by atoms with van der Waals surface area (Å²) in [6, 6.07) is 15.4. The maximum absolute atomic E-state index is 12.2. The maximum atomic E-state index is 12.2. The minimum Gasteiger partial charge on any atom is -0.493 e. The van der Waals surface area contributed by atoms with Gasteiger partial charge in [0.2, 0.25) is 5.91 Å². The quantitative estimate of drug-likeness (QED) is 0.672. The van der Waals surface area contributed by atoms with E-state index in [-0.39, 0.29) is 11.9 Å². The van der Waals surface area contributed by atoms with Crippen molar-refractivity contribution >= 4 is 21.8 Å². The van der Waals surface area contributed by atoms with Crippen molar-refractivity contribution in [1.82, 2.24) is 10.2 Å². The van der Waals surface area contributed by atoms with Crippen LogP contribution in [-0.2, 0) is 4.79 Å². The Morgan fingerprint density at radius 2 is 1.81 bits per heavy atom. The molecule has 6 heteroatoms. The first-order chi connectivity index (χ1) is 12.5. The Morgan fingerprint density at radius 3 is 2.46 bits per heavy atom. The average molecular weight is 421 g/mol. The molecule has 1 N–H and O–H groups in total. The molecule has 140 valence electrons. The van der Waals surface area contributed by atoms with Gasteiger partial charge in [0.05, 0.1) is 19.7 Å². The van der Waals surface area contributed by atoms with Crippen LogP contribution in [0.1, 0.15) is 18.5 Å². The van der Waals surface area contributed by atoms with Gasteiger partial charge in [-0.05, 0) is 43.8 Å². The summed E-state index contributed by atoms with van der Waals surface area (Å²) in [5.74, 6) is 1.40. The number of para-hydroxylation sites is 2. The second-order valence-electron chi connectivity index (χ2n) is 6.08. The Kier molecular flexibility index (Phi) is 7.94. The number of ether oxygens (including phenoxy) is 2. The van der Waals surface area contributed by atoms with E-state index < -0.39 is 0 Å². The third-order valence-electron chi connectivity index (χ3n) is 3.96. The van der Waals surface area contributed by atoms with Crippen LogP contribution in [0.2, 0.25) is 0 Å². The van der Waals surface area contributed by atoms with Gasteiger partial charge in [0, 0.05) is 11.0 Å². The van der Waals surface area contributed by atoms with Crippen molar-refractivity contribution in [2.75, 3.05) is 33.9 Å². The molecule has 5 nitrogen and oxygen atoms in total. The highest BCUT2D eigenvalue weighted by atomic mass is 79.9. The van der Waals surface area contributed by atoms with Crippen LogP contribution in [-0.4, -0.2) is 44.7 Å². The van der Waals surface area contributed by atoms with Gasteiger partial charge < -0.3 is 14.8 Å². The zero-order valence-corrected chi connectivity index (χ0v) is 17.0. The zero-order valence-electron chi connectivity index (χ0n) is 15.4. The van der Waals surface area contributed by atoms with Gasteiger partial charge in [-0.1, -0.05) is 40.2 Å². The van der Waals surface area contributed by atoms with Crippen LogP contribution in [0.15, 0.2) is 53.0 Å². The molecule has 0 aliphatic carbocycles. The minimum atomic E-state index is -0.0335. The molecule has 26 heavy (non-hydrogen) atoms. The fourth-order valence-corrected chi connectivity index (χ4v) is 2.76. The first-order valence-corrected chi connectivity index (χ1v) is 9.28. The lowest BCUT2D eigenvalue weighted by Crippen LogP contribution is -2.38. The highest BCUT2D eigenvalue weighted by Gasteiger charge is 2.12. The summed E-state index contributed by atoms with van der Waals surface area (Å²) in [5, 5.41) is 3.02. The smallest absolute Gasteiger partial charge is 0.234 e. The Bertz CT molecular complexity index is 706. The fourth-order valence-electron chi connectivity index (χ4n) is 2.50. The lowest BCUT2D eigenvalue weighted by Gasteiger charge is -2.19. The summed E-state index contributed by atoms with van der Waals surface area (Å²) < 4.78 is 12.0. The molecule has 1 amide bonds. The Hall–Kier alpha value is -2.05. The minimum absolute atomic E-state index is 0.0137. The van der Waals surface area contributed by atoms with Crippen LogP contribution in [0.5, 0.6) is 11.5 Å². The van der Waals surface area contributed by atoms with Gasteiger partial charge in [0.1, 0.15) is 6.61 Å². The summed E-state index contributed by atoms with van der Waals surface area (Å²) in [7, 11) is 3.51. The molecule has 0 bridgehead atoms. The fraction of sp³-hybridized carbons (Fsp3) is 0.350. The second kappa shape index (κ2) is 10.2. The van der Waals surface area contributed by atoms with Gasteiger partial charge in [-0.3, -0.25) is 9.69 Å². The van der Waals surface area contributed by atoms with E-state index in [1.165, 1.54) is 0 Å². The number of nitrogens with one attached hydrogen (secondary N) is 1. The number of nitrogens with zero attached hydrogens (tertiary/aromatic N) is 1. The molecule has 1 atom stereocenters. The van der Waals surface area contributed by atoms with E-state index in [1.807, 2.05) is 67.4 Å². The summed E-state index contributed by atoms with van der Waals surface area (Å²) in [5.41, 5.74) is 1.07. The Morgan fingerprint density at radius 1 is 1.15 bits per heavy atom. The number of hydrogen-bond acceptors (Lipinski definition) is 4. The Balaban J connectivity index is 1.73. The third kappa shape index (κ3) is 6.35. The molecule has 2 rings (SSSR count). The van der Waals surface area contributed by atoms with Gasteiger partial charge >= 0.3 is 0 Å². The van der Waals surface area contributed by atoms with E-state index in [9.17, 15) is 4.79 Å². The number of rotatable bonds is 9. The second-order valence-corrected chi connectivity index (χ2v) is 6.99. The highest BCUT2D eigenvalue weighted by molar-refractivity contribution is 9.10. The number of likely N-dealkylation sites (N-methyl/N-ethyl adjacent to an activating group) is 1. The molecule has 2 aromatic carbocycles. The van der Waals surface area contributed by atoms with Gasteiger partial charge in [0.25, 0.3) is 0 Å². The summed E-state index contributed by atoms with van der Waals surface area (Å²) in [4.78, 5) is 14.1. The number of carbonyl (C=O) groups excluding carboxylic acids is 1. The van der Waals surface area contributed by atoms with Crippen molar-refractivity contribution in [3.8, 4) is 11.5 Å². The predicted molar refractivity (Wildman–Crippen MR) is 107 cm³/mol. The van der Waals surface area contributed by atoms with E-state index >= 15 is 0 Å². The summed E-state index contributed by atoms with van der Waals surface area (Å²) in [6.07, 6.45) is 0. The normalized spacial score (nSPS) is 11.9. The van der Waals surface area contributed by atoms with E-state index in [0.717, 1.165) is 10.0 Å². The molecule has 0 aliphatic rings. The largest absolute Gasteiger partial charge is 0.493 e. The van der Waals surface area contributed by atoms with Crippen LogP contribution in [0.25, 0.3) is 0 Å². The standard InChI is InChI=1S/C20H25BrN2O3/c1-15(16-8-10-17(21)11-9-16)22-20(24)14-23(2)12-13-26-19-7-5-4-6-18(19)25-3/h4-11,15H,12-14H2,1-3H3,(H,22,24). The van der Waals surface area contributed by atoms with E-state index in [2.05, 4.69) is 21.2 Å². The van der Waals surface area contributed by atoms with Crippen molar-refractivity contribution in [3.63, 3.8) is 0 Å². The first-order valence-electron chi connectivity index (χ1n) is 8.48. The summed E-state index contributed by atoms with van der Waals surface area (Å²) in [6.45, 7) is 3.41. The van der Waals surface area contributed by atoms with Gasteiger partial charge in [-0.25, -0.2) is 0 Å². The number of benzene rings is 2. The molecule has 0 saturated carbocycles. The highest BCUT2D eigenvalue weighted by Crippen LogP contribution is 2.25. The van der Waals surface area contributed by atoms with Crippen molar-refractivity contribution in [1.29, 1.82) is 0 Å². The maximum Gasteiger partial charge on any atom is 0.234 e. The summed E-state index contributed by atoms with van der Waals surface area (Å²) >= 11 is 3.41. The van der Waals surface area contributed by atoms with Crippen molar-refractivity contribution in [2.45, 2.75) is 13.0 Å². The average Bonchev–Trinajstić information content (AvgIpc) is 2.62. The van der Waals surface area contributed by atoms with Gasteiger partial charge in [0.15, 0.2) is 11.5 Å². The molecule has 0 heterocycles. The lowest BCUT2D eigenvalue weighted by atomic mass is 10.1. The number of carbonyl (C=O) groups is 1. The van der Waals surface area contributed by atoms with Crippen LogP contribution < -0.4 is 14.8 Å². The van der Waals surface area contributed by atoms with Crippen LogP contribution >= 0.6 is 15.9 Å². The Labute approximate surface area is 163 Å². The van der Waals surface area contributed by atoms with Crippen molar-refractivity contribution in [2.24, 2.45) is 0 Å². The predicted octanol–water partition coefficient (Wildman–Crippen LogP) is 3.65. The molecule has 0 spiro atoms. The van der Waals surface area contributed by atoms with Crippen molar-refractivity contribution < 1.29 is 14.3 Å². The molecule has 0 aromatic heterocycles. The van der Waals surface area contributed by atoms with E-state index in [0.29, 0.717) is 31.2 Å². The van der Waals surface area contributed by atoms with Gasteiger partial charge in [-0.2, -0.15) is 0 Å². The molecule has 0 radical (unpaired) electrons. The SMILES string of the molecule is COc1ccccc1OCCN(C)CC(=O)NC(C)c1ccc(Br)cc1. The van der Waals surface area contributed by atoms with E-state index in [4.69, 9.17) is 9.47 Å². The molecule has 0 saturated heterocycles. The number of methoxy groups -OCH3 is 1. The lowest BCUT2D eigenvalue weighted by molar-refractivity contribution is -0.122. The topological polar surface area (TPSA) is 50.8 Å². The van der Waals surface area contributed by atoms with E-state index in [1.54, 1.807) is 7.11 Å². The number of hydrogen-bond donors (Lipinski definition) is 1. The zero-order chi connectivity index (χ0) is 18.9. The third-order valence-corrected chi connectivity index (χ3v) is 4.49. The molecule has 0 fully saturated rings. The molecular formula is C20H25BrN2O3. The molecular weight excluding hydrogens is 396 g/mol. The first kappa shape index (κ1) is 20.3. The number of halogens is 1. The van der Waals surface area contributed by atoms with Crippen LogP contribution in [0.3, 0.4) is 0 Å². The molecule has 2 aromatic rings. The number of amides is 1.